The smallest absolute Gasteiger partial charge is 0.164 e. The number of nitrogens with zero attached hydrogens (tertiary/aromatic N) is 10. The summed E-state index contributed by atoms with van der Waals surface area (Å²) in [6.45, 7) is 0. The summed E-state index contributed by atoms with van der Waals surface area (Å²) in [7, 11) is 0. The Labute approximate surface area is 825 Å². The zero-order valence-corrected chi connectivity index (χ0v) is 73.7. The predicted molar refractivity (Wildman–Crippen MR) is 573 cm³/mol. The van der Waals surface area contributed by atoms with Crippen molar-refractivity contribution >= 4 is 141 Å². The van der Waals surface area contributed by atoms with Crippen molar-refractivity contribution in [3.8, 4) is 124 Å². The second-order valence-electron chi connectivity index (χ2n) is 33.3. The fourth-order valence-corrected chi connectivity index (χ4v) is 19.9. The van der Waals surface area contributed by atoms with Gasteiger partial charge in [-0.15, -0.1) is 11.3 Å². The minimum absolute atomic E-state index is 0.00189. The number of benzene rings is 20. The summed E-state index contributed by atoms with van der Waals surface area (Å²) in [6, 6.07) is 114. The summed E-state index contributed by atoms with van der Waals surface area (Å²) in [6.07, 6.45) is 0. The van der Waals surface area contributed by atoms with Crippen LogP contribution in [0.25, 0.3) is 254 Å². The molecule has 646 valence electrons. The molecule has 0 aliphatic heterocycles. The molecule has 0 amide bonds. The molecule has 0 N–H and O–H groups in total. The van der Waals surface area contributed by atoms with E-state index in [1.54, 1.807) is 53.1 Å². The summed E-state index contributed by atoms with van der Waals surface area (Å²) in [5.74, 6) is 2.69. The Balaban J connectivity index is 0.000000118. The highest BCUT2D eigenvalue weighted by molar-refractivity contribution is 7.26. The summed E-state index contributed by atoms with van der Waals surface area (Å²) in [4.78, 5) is 28.7. The highest BCUT2D eigenvalue weighted by atomic mass is 32.1. The van der Waals surface area contributed by atoms with E-state index in [2.05, 4.69) is 203 Å². The molecule has 0 bridgehead atoms. The molecule has 138 heavy (non-hydrogen) atoms. The van der Waals surface area contributed by atoms with Crippen molar-refractivity contribution in [2.75, 3.05) is 0 Å². The Morgan fingerprint density at radius 2 is 0.522 bits per heavy atom. The molecule has 0 aliphatic rings. The maximum Gasteiger partial charge on any atom is 0.164 e. The largest absolute Gasteiger partial charge is 0.454 e. The molecular weight excluding hydrogens is 1700 g/mol. The van der Waals surface area contributed by atoms with Gasteiger partial charge in [0.2, 0.25) is 0 Å². The normalized spacial score (nSPS) is 13.7. The monoisotopic (exact) mass is 1800 g/mol. The molecule has 28 rings (SSSR count). The first kappa shape index (κ1) is 62.1. The molecule has 11 nitrogen and oxygen atoms in total. The van der Waals surface area contributed by atoms with Crippen LogP contribution in [0.5, 0.6) is 0 Å². The van der Waals surface area contributed by atoms with Crippen LogP contribution in [0.15, 0.2) is 489 Å². The number of fused-ring (bicyclic) bond motifs is 20. The lowest BCUT2D eigenvalue weighted by molar-refractivity contribution is 0.671. The van der Waals surface area contributed by atoms with Gasteiger partial charge in [0.05, 0.1) is 76.2 Å². The predicted octanol–water partition coefficient (Wildman–Crippen LogP) is 33.1. The van der Waals surface area contributed by atoms with Crippen LogP contribution in [0.3, 0.4) is 0 Å². The second kappa shape index (κ2) is 34.0. The topological polar surface area (TPSA) is 110 Å². The van der Waals surface area contributed by atoms with Gasteiger partial charge in [0, 0.05) is 125 Å². The van der Waals surface area contributed by atoms with Gasteiger partial charge in [-0.25, -0.2) is 29.9 Å². The van der Waals surface area contributed by atoms with E-state index in [9.17, 15) is 2.74 Å². The van der Waals surface area contributed by atoms with E-state index < -0.39 is 72.5 Å². The van der Waals surface area contributed by atoms with E-state index in [4.69, 9.17) is 59.0 Å². The van der Waals surface area contributed by atoms with E-state index in [1.807, 2.05) is 121 Å². The summed E-state index contributed by atoms with van der Waals surface area (Å²) in [5, 5.41) is 5.40. The SMILES string of the molecule is [2H]c1c([2H])c([2H])c2c(oc3c2c([2H])c([2H])c2c4c([2H])c([2H])c([2H])c([2H])c4n(-c4ccc(-c5nc(-c6ccccc6)nc(-c6ccccc6)n5)cc4)c32)c1[2H].[2H]c1c([2H])c([2H])c2c(sc3c2c([2H])c([2H])c2c4c([2H])c([2H])c([2H])c([2H])c4n(-c4ccc(-c5nc(-c6ccccc6)nc(-c6ccccc6)n5)cc4)c32)c1[2H].c1ccc(-c2cccc(-n3c4ccccc4c4cc(-c5ccc6c(c5)c5ccccc5n6-c5cccc(-c6ccccc6)c5)ccc43)c2)cc1. The van der Waals surface area contributed by atoms with E-state index in [0.29, 0.717) is 67.7 Å². The number of hydrogen-bond donors (Lipinski definition) is 0. The summed E-state index contributed by atoms with van der Waals surface area (Å²) < 4.78 is 189. The number of para-hydroxylation sites is 5. The first-order valence-corrected chi connectivity index (χ1v) is 45.6. The first-order valence-electron chi connectivity index (χ1n) is 54.8. The number of rotatable bonds is 13. The number of hydrogen-bond acceptors (Lipinski definition) is 8. The van der Waals surface area contributed by atoms with Crippen LogP contribution in [0.1, 0.15) is 27.4 Å². The maximum atomic E-state index is 9.22. The highest BCUT2D eigenvalue weighted by Gasteiger charge is 2.25. The molecule has 0 unspecified atom stereocenters. The molecule has 20 aromatic carbocycles. The average molecular weight is 1800 g/mol. The van der Waals surface area contributed by atoms with Gasteiger partial charge >= 0.3 is 0 Å². The molecule has 0 radical (unpaired) electrons. The third kappa shape index (κ3) is 14.2. The molecule has 0 fully saturated rings. The van der Waals surface area contributed by atoms with Crippen molar-refractivity contribution < 1.29 is 31.8 Å². The van der Waals surface area contributed by atoms with Crippen LogP contribution in [0.4, 0.5) is 0 Å². The molecule has 12 heteroatoms. The van der Waals surface area contributed by atoms with Crippen LogP contribution in [-0.4, -0.2) is 48.2 Å². The zero-order valence-electron chi connectivity index (χ0n) is 92.9. The lowest BCUT2D eigenvalue weighted by Crippen LogP contribution is -2.00. The van der Waals surface area contributed by atoms with Crippen molar-refractivity contribution in [2.45, 2.75) is 0 Å². The fraction of sp³-hybridized carbons (Fsp3) is 0. The molecular formula is C126H80N10OS. The third-order valence-corrected chi connectivity index (χ3v) is 26.3. The van der Waals surface area contributed by atoms with Crippen LogP contribution < -0.4 is 0 Å². The molecule has 0 spiro atoms. The van der Waals surface area contributed by atoms with Crippen molar-refractivity contribution in [1.29, 1.82) is 0 Å². The van der Waals surface area contributed by atoms with E-state index in [0.717, 1.165) is 45.0 Å². The number of aromatic nitrogens is 10. The van der Waals surface area contributed by atoms with Gasteiger partial charge in [-0.2, -0.15) is 0 Å². The Morgan fingerprint density at radius 1 is 0.196 bits per heavy atom. The van der Waals surface area contributed by atoms with E-state index in [1.165, 1.54) is 81.6 Å². The quantitative estimate of drug-likeness (QED) is 0.113. The third-order valence-electron chi connectivity index (χ3n) is 25.2. The Morgan fingerprint density at radius 3 is 0.971 bits per heavy atom. The van der Waals surface area contributed by atoms with Gasteiger partial charge < -0.3 is 22.7 Å². The lowest BCUT2D eigenvalue weighted by Gasteiger charge is -2.11. The van der Waals surface area contributed by atoms with E-state index >= 15 is 0 Å². The Kier molecular flexibility index (Phi) is 15.3. The minimum Gasteiger partial charge on any atom is -0.454 e. The average Bonchev–Trinajstić information content (AvgIpc) is 1.53. The number of thiophene rings is 1. The van der Waals surface area contributed by atoms with Crippen molar-refractivity contribution in [3.05, 3.63) is 485 Å². The summed E-state index contributed by atoms with van der Waals surface area (Å²) >= 11 is 1.04. The molecule has 8 heterocycles. The molecule has 0 saturated carbocycles. The Hall–Kier alpha value is -18.4. The minimum atomic E-state index is -0.527. The van der Waals surface area contributed by atoms with Crippen LogP contribution in [-0.2, 0) is 0 Å². The van der Waals surface area contributed by atoms with Gasteiger partial charge in [-0.05, 0) is 173 Å². The van der Waals surface area contributed by atoms with E-state index in [-0.39, 0.29) is 124 Å². The van der Waals surface area contributed by atoms with Gasteiger partial charge in [0.1, 0.15) is 5.58 Å². The van der Waals surface area contributed by atoms with Crippen LogP contribution >= 0.6 is 11.3 Å². The zero-order chi connectivity index (χ0) is 108. The first-order chi connectivity index (χ1) is 76.7. The van der Waals surface area contributed by atoms with Crippen molar-refractivity contribution in [1.82, 2.24) is 48.2 Å². The van der Waals surface area contributed by atoms with Gasteiger partial charge in [-0.3, -0.25) is 0 Å². The molecule has 0 atom stereocenters. The van der Waals surface area contributed by atoms with Crippen molar-refractivity contribution in [2.24, 2.45) is 0 Å². The summed E-state index contributed by atoms with van der Waals surface area (Å²) in [5.41, 5.74) is 20.1. The maximum absolute atomic E-state index is 9.22. The highest BCUT2D eigenvalue weighted by Crippen LogP contribution is 2.47. The van der Waals surface area contributed by atoms with Crippen LogP contribution in [0, 0.1) is 0 Å². The number of furan rings is 1. The Bertz CT molecular complexity index is 10200. The van der Waals surface area contributed by atoms with Gasteiger partial charge in [0.25, 0.3) is 0 Å². The molecule has 0 saturated heterocycles. The van der Waals surface area contributed by atoms with Gasteiger partial charge in [-0.1, -0.05) is 345 Å². The molecule has 28 aromatic rings. The standard InChI is InChI=1S/C48H32N2.C39H24N4O.C39H24N4S/c1-3-13-33(14-4-1)35-17-11-19-39(29-35)49-45-23-9-7-21-41(45)43-31-37(25-27-47(43)49)38-26-28-48-44(32-38)42-22-8-10-24-46(42)50(48)40-20-12-18-36(30-40)34-15-5-2-6-16-34;2*1-3-11-25(12-4-1)37-40-38(26-13-5-2-6-14-26)42-39(41-37)27-19-21-28(22-20-27)43-33-17-9-7-15-29(33)31-23-24-32-30-16-8-10-18-34(30)44-36(32)35(31)43/h1-32H;2*1-24H/i;2*7D,8D,9D,10D,15D,16D,17D,18D,23D,24D. The fourth-order valence-electron chi connectivity index (χ4n) is 18.8. The van der Waals surface area contributed by atoms with Crippen molar-refractivity contribution in [3.63, 3.8) is 0 Å². The molecule has 0 aliphatic carbocycles. The molecule has 8 aromatic heterocycles. The van der Waals surface area contributed by atoms with Crippen LogP contribution in [0.2, 0.25) is 0 Å². The second-order valence-corrected chi connectivity index (χ2v) is 34.3. The van der Waals surface area contributed by atoms with Gasteiger partial charge in [0.15, 0.2) is 40.5 Å². The lowest BCUT2D eigenvalue weighted by atomic mass is 10.0.